The molecule has 0 saturated carbocycles. The number of nitrogens with zero attached hydrogens (tertiary/aromatic N) is 2. The Hall–Kier alpha value is -2.71. The van der Waals surface area contributed by atoms with Gasteiger partial charge in [0.1, 0.15) is 11.4 Å². The SMILES string of the molecule is CC(=O)OCN(Cc1ccc(F)cc1[N+](=O)[O-])C(=O)OC(C)(C)C. The van der Waals surface area contributed by atoms with Crippen molar-refractivity contribution in [1.29, 1.82) is 0 Å². The molecule has 1 amide bonds. The predicted molar refractivity (Wildman–Crippen MR) is 81.5 cm³/mol. The van der Waals surface area contributed by atoms with Gasteiger partial charge < -0.3 is 9.47 Å². The van der Waals surface area contributed by atoms with E-state index in [1.807, 2.05) is 0 Å². The van der Waals surface area contributed by atoms with Gasteiger partial charge in [-0.3, -0.25) is 19.8 Å². The number of hydrogen-bond donors (Lipinski definition) is 0. The number of ether oxygens (including phenoxy) is 2. The highest BCUT2D eigenvalue weighted by molar-refractivity contribution is 5.69. The molecule has 0 heterocycles. The third-order valence-corrected chi connectivity index (χ3v) is 2.68. The van der Waals surface area contributed by atoms with Crippen molar-refractivity contribution in [2.45, 2.75) is 39.8 Å². The summed E-state index contributed by atoms with van der Waals surface area (Å²) in [5, 5.41) is 11.0. The van der Waals surface area contributed by atoms with E-state index < -0.39 is 40.8 Å². The number of hydrogen-bond acceptors (Lipinski definition) is 6. The van der Waals surface area contributed by atoms with Crippen LogP contribution < -0.4 is 0 Å². The van der Waals surface area contributed by atoms with Crippen molar-refractivity contribution in [3.05, 3.63) is 39.7 Å². The fraction of sp³-hybridized carbons (Fsp3) is 0.467. The summed E-state index contributed by atoms with van der Waals surface area (Å²) >= 11 is 0. The molecule has 0 bridgehead atoms. The predicted octanol–water partition coefficient (Wildman–Crippen LogP) is 2.99. The van der Waals surface area contributed by atoms with Crippen molar-refractivity contribution in [2.75, 3.05) is 6.73 Å². The summed E-state index contributed by atoms with van der Waals surface area (Å²) in [6.45, 7) is 5.38. The van der Waals surface area contributed by atoms with Gasteiger partial charge in [-0.2, -0.15) is 0 Å². The third-order valence-electron chi connectivity index (χ3n) is 2.68. The second kappa shape index (κ2) is 7.71. The second-order valence-electron chi connectivity index (χ2n) is 5.97. The minimum absolute atomic E-state index is 0.0828. The topological polar surface area (TPSA) is 99.0 Å². The number of halogens is 1. The Labute approximate surface area is 138 Å². The van der Waals surface area contributed by atoms with Crippen molar-refractivity contribution in [1.82, 2.24) is 4.90 Å². The van der Waals surface area contributed by atoms with Gasteiger partial charge in [-0.15, -0.1) is 0 Å². The maximum absolute atomic E-state index is 13.2. The zero-order chi connectivity index (χ0) is 18.5. The molecule has 0 aromatic heterocycles. The van der Waals surface area contributed by atoms with E-state index in [2.05, 4.69) is 0 Å². The van der Waals surface area contributed by atoms with Gasteiger partial charge in [0.15, 0.2) is 6.73 Å². The fourth-order valence-corrected chi connectivity index (χ4v) is 1.70. The lowest BCUT2D eigenvalue weighted by Gasteiger charge is -2.26. The quantitative estimate of drug-likeness (QED) is 0.353. The molecule has 0 fully saturated rings. The Morgan fingerprint density at radius 3 is 2.46 bits per heavy atom. The molecule has 1 aromatic carbocycles. The second-order valence-corrected chi connectivity index (χ2v) is 5.97. The van der Waals surface area contributed by atoms with E-state index in [0.29, 0.717) is 0 Å². The largest absolute Gasteiger partial charge is 0.444 e. The summed E-state index contributed by atoms with van der Waals surface area (Å²) in [5.74, 6) is -1.40. The van der Waals surface area contributed by atoms with Gasteiger partial charge in [0.2, 0.25) is 0 Å². The minimum Gasteiger partial charge on any atom is -0.444 e. The number of benzene rings is 1. The standard InChI is InChI=1S/C15H19FN2O6/c1-10(19)23-9-17(14(20)24-15(2,3)4)8-11-5-6-12(16)7-13(11)18(21)22/h5-7H,8-9H2,1-4H3. The molecule has 0 aliphatic heterocycles. The first kappa shape index (κ1) is 19.3. The van der Waals surface area contributed by atoms with E-state index in [1.54, 1.807) is 20.8 Å². The zero-order valence-electron chi connectivity index (χ0n) is 13.9. The van der Waals surface area contributed by atoms with Gasteiger partial charge in [0, 0.05) is 12.5 Å². The number of esters is 1. The molecule has 1 aromatic rings. The maximum Gasteiger partial charge on any atom is 0.413 e. The first-order valence-electron chi connectivity index (χ1n) is 7.03. The molecule has 0 unspecified atom stereocenters. The Bertz CT molecular complexity index is 641. The van der Waals surface area contributed by atoms with Crippen LogP contribution >= 0.6 is 0 Å². The van der Waals surface area contributed by atoms with Crippen LogP contribution in [0.15, 0.2) is 18.2 Å². The van der Waals surface area contributed by atoms with Crippen LogP contribution in [0, 0.1) is 15.9 Å². The van der Waals surface area contributed by atoms with E-state index in [1.165, 1.54) is 6.07 Å². The van der Waals surface area contributed by atoms with Gasteiger partial charge in [-0.1, -0.05) is 0 Å². The van der Waals surface area contributed by atoms with Gasteiger partial charge >= 0.3 is 12.1 Å². The van der Waals surface area contributed by atoms with Gasteiger partial charge in [0.05, 0.1) is 17.5 Å². The molecule has 0 N–H and O–H groups in total. The molecular weight excluding hydrogens is 323 g/mol. The van der Waals surface area contributed by atoms with Crippen molar-refractivity contribution in [2.24, 2.45) is 0 Å². The van der Waals surface area contributed by atoms with Crippen LogP contribution in [0.5, 0.6) is 0 Å². The summed E-state index contributed by atoms with van der Waals surface area (Å²) in [6.07, 6.45) is -0.817. The normalized spacial score (nSPS) is 10.9. The molecule has 0 atom stereocenters. The number of rotatable bonds is 5. The number of amides is 1. The lowest BCUT2D eigenvalue weighted by molar-refractivity contribution is -0.385. The number of carbonyl (C=O) groups excluding carboxylic acids is 2. The van der Waals surface area contributed by atoms with Crippen molar-refractivity contribution >= 4 is 17.7 Å². The van der Waals surface area contributed by atoms with E-state index >= 15 is 0 Å². The summed E-state index contributed by atoms with van der Waals surface area (Å²) in [4.78, 5) is 34.4. The van der Waals surface area contributed by atoms with Crippen LogP contribution in [-0.4, -0.2) is 34.2 Å². The fourth-order valence-electron chi connectivity index (χ4n) is 1.70. The summed E-state index contributed by atoms with van der Waals surface area (Å²) in [6, 6.07) is 2.99. The first-order chi connectivity index (χ1) is 11.0. The summed E-state index contributed by atoms with van der Waals surface area (Å²) in [7, 11) is 0. The lowest BCUT2D eigenvalue weighted by Crippen LogP contribution is -2.38. The van der Waals surface area contributed by atoms with Crippen molar-refractivity contribution < 1.29 is 28.4 Å². The molecule has 0 aliphatic carbocycles. The molecule has 9 heteroatoms. The van der Waals surface area contributed by atoms with Crippen molar-refractivity contribution in [3.63, 3.8) is 0 Å². The monoisotopic (exact) mass is 342 g/mol. The number of nitro benzene ring substituents is 1. The molecule has 0 aliphatic rings. The van der Waals surface area contributed by atoms with Crippen LogP contribution in [0.3, 0.4) is 0 Å². The van der Waals surface area contributed by atoms with Crippen LogP contribution in [0.2, 0.25) is 0 Å². The molecule has 8 nitrogen and oxygen atoms in total. The zero-order valence-corrected chi connectivity index (χ0v) is 13.9. The third kappa shape index (κ3) is 6.19. The Morgan fingerprint density at radius 1 is 1.33 bits per heavy atom. The van der Waals surface area contributed by atoms with Crippen LogP contribution in [0.25, 0.3) is 0 Å². The van der Waals surface area contributed by atoms with Crippen LogP contribution in [0.4, 0.5) is 14.9 Å². The minimum atomic E-state index is -0.817. The molecular formula is C15H19FN2O6. The average Bonchev–Trinajstić information content (AvgIpc) is 2.42. The Kier molecular flexibility index (Phi) is 6.21. The average molecular weight is 342 g/mol. The lowest BCUT2D eigenvalue weighted by atomic mass is 10.1. The molecule has 24 heavy (non-hydrogen) atoms. The highest BCUT2D eigenvalue weighted by Crippen LogP contribution is 2.22. The summed E-state index contributed by atoms with van der Waals surface area (Å²) < 4.78 is 23.2. The highest BCUT2D eigenvalue weighted by Gasteiger charge is 2.26. The van der Waals surface area contributed by atoms with Gasteiger partial charge in [-0.05, 0) is 32.9 Å². The smallest absolute Gasteiger partial charge is 0.413 e. The van der Waals surface area contributed by atoms with Crippen molar-refractivity contribution in [3.8, 4) is 0 Å². The summed E-state index contributed by atoms with van der Waals surface area (Å²) in [5.41, 5.74) is -1.20. The maximum atomic E-state index is 13.2. The molecule has 1 rings (SSSR count). The Morgan fingerprint density at radius 2 is 1.96 bits per heavy atom. The van der Waals surface area contributed by atoms with E-state index in [0.717, 1.165) is 24.0 Å². The van der Waals surface area contributed by atoms with Crippen LogP contribution in [0.1, 0.15) is 33.3 Å². The van der Waals surface area contributed by atoms with Crippen LogP contribution in [-0.2, 0) is 20.8 Å². The van der Waals surface area contributed by atoms with E-state index in [4.69, 9.17) is 9.47 Å². The molecule has 0 radical (unpaired) electrons. The Balaban J connectivity index is 3.06. The molecule has 132 valence electrons. The first-order valence-corrected chi connectivity index (χ1v) is 7.03. The van der Waals surface area contributed by atoms with E-state index in [-0.39, 0.29) is 12.1 Å². The number of carbonyl (C=O) groups is 2. The molecule has 0 spiro atoms. The molecule has 0 saturated heterocycles. The van der Waals surface area contributed by atoms with Gasteiger partial charge in [0.25, 0.3) is 5.69 Å². The number of nitro groups is 1. The highest BCUT2D eigenvalue weighted by atomic mass is 19.1. The van der Waals surface area contributed by atoms with E-state index in [9.17, 15) is 24.1 Å². The van der Waals surface area contributed by atoms with Gasteiger partial charge in [-0.25, -0.2) is 9.18 Å².